The van der Waals surface area contributed by atoms with E-state index in [1.807, 2.05) is 43.3 Å². The molecule has 3 heterocycles. The summed E-state index contributed by atoms with van der Waals surface area (Å²) in [6.45, 7) is 1.95. The van der Waals surface area contributed by atoms with Gasteiger partial charge in [-0.15, -0.1) is 0 Å². The molecule has 0 fully saturated rings. The van der Waals surface area contributed by atoms with Crippen molar-refractivity contribution in [3.05, 3.63) is 59.4 Å². The zero-order chi connectivity index (χ0) is 14.4. The molecule has 0 unspecified atom stereocenters. The number of aromatic amines is 1. The quantitative estimate of drug-likeness (QED) is 0.515. The van der Waals surface area contributed by atoms with Crippen LogP contribution in [0, 0.1) is 6.92 Å². The Bertz CT molecular complexity index is 939. The van der Waals surface area contributed by atoms with Gasteiger partial charge in [-0.3, -0.25) is 0 Å². The summed E-state index contributed by atoms with van der Waals surface area (Å²) in [4.78, 5) is 12.2. The minimum absolute atomic E-state index is 0.465. The van der Waals surface area contributed by atoms with Crippen LogP contribution in [0.4, 0.5) is 0 Å². The van der Waals surface area contributed by atoms with E-state index in [1.165, 1.54) is 0 Å². The lowest BCUT2D eigenvalue weighted by atomic mass is 10.1. The van der Waals surface area contributed by atoms with Gasteiger partial charge in [-0.1, -0.05) is 29.8 Å². The van der Waals surface area contributed by atoms with E-state index in [-0.39, 0.29) is 0 Å². The number of fused-ring (bicyclic) bond motifs is 2. The number of H-pyrrole nitrogens is 1. The number of hydrogen-bond donors (Lipinski definition) is 1. The normalized spacial score (nSPS) is 11.3. The first-order valence-electron chi connectivity index (χ1n) is 6.73. The molecule has 0 spiro atoms. The van der Waals surface area contributed by atoms with E-state index in [0.29, 0.717) is 10.8 Å². The maximum Gasteiger partial charge on any atom is 0.161 e. The molecule has 0 aliphatic carbocycles. The highest BCUT2D eigenvalue weighted by Crippen LogP contribution is 2.31. The molecule has 102 valence electrons. The maximum atomic E-state index is 6.35. The Morgan fingerprint density at radius 2 is 1.81 bits per heavy atom. The first-order chi connectivity index (χ1) is 10.2. The van der Waals surface area contributed by atoms with Crippen molar-refractivity contribution in [3.8, 4) is 11.3 Å². The number of nitrogens with zero attached hydrogens (tertiary/aromatic N) is 2. The van der Waals surface area contributed by atoms with Crippen molar-refractivity contribution in [2.45, 2.75) is 6.92 Å². The minimum Gasteiger partial charge on any atom is -0.354 e. The summed E-state index contributed by atoms with van der Waals surface area (Å²) in [6, 6.07) is 16.3. The maximum absolute atomic E-state index is 6.35. The summed E-state index contributed by atoms with van der Waals surface area (Å²) in [5.41, 5.74) is 4.57. The van der Waals surface area contributed by atoms with Crippen LogP contribution in [0.15, 0.2) is 48.5 Å². The molecule has 1 aromatic carbocycles. The highest BCUT2D eigenvalue weighted by atomic mass is 35.5. The summed E-state index contributed by atoms with van der Waals surface area (Å²) in [5.74, 6) is 0. The number of rotatable bonds is 1. The predicted molar refractivity (Wildman–Crippen MR) is 86.6 cm³/mol. The molecule has 21 heavy (non-hydrogen) atoms. The van der Waals surface area contributed by atoms with Crippen LogP contribution in [0.3, 0.4) is 0 Å². The lowest BCUT2D eigenvalue weighted by Gasteiger charge is -2.04. The molecule has 3 nitrogen and oxygen atoms in total. The summed E-state index contributed by atoms with van der Waals surface area (Å²) < 4.78 is 0. The molecular weight excluding hydrogens is 282 g/mol. The van der Waals surface area contributed by atoms with Gasteiger partial charge in [-0.25, -0.2) is 9.97 Å². The fraction of sp³-hybridized carbons (Fsp3) is 0.0588. The second-order valence-electron chi connectivity index (χ2n) is 5.10. The summed E-state index contributed by atoms with van der Waals surface area (Å²) in [5, 5.41) is 2.61. The number of aryl methyl sites for hydroxylation is 1. The molecule has 0 bridgehead atoms. The Labute approximate surface area is 126 Å². The van der Waals surface area contributed by atoms with E-state index in [2.05, 4.69) is 27.1 Å². The number of halogens is 1. The number of benzene rings is 1. The smallest absolute Gasteiger partial charge is 0.161 e. The number of pyridine rings is 2. The number of nitrogens with one attached hydrogen (secondary N) is 1. The van der Waals surface area contributed by atoms with E-state index in [9.17, 15) is 0 Å². The molecule has 0 amide bonds. The van der Waals surface area contributed by atoms with Gasteiger partial charge in [0.25, 0.3) is 0 Å². The zero-order valence-electron chi connectivity index (χ0n) is 11.4. The third-order valence-corrected chi connectivity index (χ3v) is 3.88. The van der Waals surface area contributed by atoms with Crippen molar-refractivity contribution in [2.75, 3.05) is 0 Å². The first kappa shape index (κ1) is 12.4. The Morgan fingerprint density at radius 1 is 0.952 bits per heavy atom. The molecule has 0 aliphatic heterocycles. The van der Waals surface area contributed by atoms with Crippen molar-refractivity contribution < 1.29 is 0 Å². The van der Waals surface area contributed by atoms with Gasteiger partial charge in [0.05, 0.1) is 0 Å². The molecule has 3 aromatic heterocycles. The van der Waals surface area contributed by atoms with E-state index in [4.69, 9.17) is 11.6 Å². The second-order valence-corrected chi connectivity index (χ2v) is 5.45. The van der Waals surface area contributed by atoms with Crippen LogP contribution in [-0.2, 0) is 0 Å². The highest BCUT2D eigenvalue weighted by molar-refractivity contribution is 6.32. The standard InChI is InChI=1S/C17H12ClN3/c1-10-6-7-12-8-13(16(18)21-17(12)19-10)15-9-11-4-2-3-5-14(11)20-15/h2-9,20H,1H3. The Morgan fingerprint density at radius 3 is 2.67 bits per heavy atom. The molecule has 0 aliphatic rings. The average Bonchev–Trinajstić information content (AvgIpc) is 2.90. The Balaban J connectivity index is 1.96. The van der Waals surface area contributed by atoms with E-state index < -0.39 is 0 Å². The predicted octanol–water partition coefficient (Wildman–Crippen LogP) is 4.74. The van der Waals surface area contributed by atoms with Gasteiger partial charge >= 0.3 is 0 Å². The summed E-state index contributed by atoms with van der Waals surface area (Å²) >= 11 is 6.35. The third kappa shape index (κ3) is 2.06. The molecule has 4 rings (SSSR count). The lowest BCUT2D eigenvalue weighted by molar-refractivity contribution is 1.20. The van der Waals surface area contributed by atoms with Crippen LogP contribution in [0.1, 0.15) is 5.69 Å². The molecule has 0 atom stereocenters. The van der Waals surface area contributed by atoms with Crippen LogP contribution in [0.2, 0.25) is 5.15 Å². The van der Waals surface area contributed by atoms with E-state index >= 15 is 0 Å². The largest absolute Gasteiger partial charge is 0.354 e. The van der Waals surface area contributed by atoms with Crippen molar-refractivity contribution in [1.82, 2.24) is 15.0 Å². The van der Waals surface area contributed by atoms with Gasteiger partial charge < -0.3 is 4.98 Å². The fourth-order valence-corrected chi connectivity index (χ4v) is 2.77. The first-order valence-corrected chi connectivity index (χ1v) is 7.10. The Hall–Kier alpha value is -2.39. The van der Waals surface area contributed by atoms with Crippen molar-refractivity contribution in [1.29, 1.82) is 0 Å². The van der Waals surface area contributed by atoms with Crippen molar-refractivity contribution in [3.63, 3.8) is 0 Å². The molecular formula is C17H12ClN3. The zero-order valence-corrected chi connectivity index (χ0v) is 12.1. The summed E-state index contributed by atoms with van der Waals surface area (Å²) in [7, 11) is 0. The van der Waals surface area contributed by atoms with Crippen LogP contribution < -0.4 is 0 Å². The third-order valence-electron chi connectivity index (χ3n) is 3.59. The van der Waals surface area contributed by atoms with Crippen molar-refractivity contribution >= 4 is 33.5 Å². The van der Waals surface area contributed by atoms with Gasteiger partial charge in [0.1, 0.15) is 5.15 Å². The van der Waals surface area contributed by atoms with Crippen LogP contribution >= 0.6 is 11.6 Å². The van der Waals surface area contributed by atoms with Crippen LogP contribution in [-0.4, -0.2) is 15.0 Å². The van der Waals surface area contributed by atoms with E-state index in [1.54, 1.807) is 0 Å². The van der Waals surface area contributed by atoms with Crippen molar-refractivity contribution in [2.24, 2.45) is 0 Å². The van der Waals surface area contributed by atoms with Gasteiger partial charge in [-0.05, 0) is 37.3 Å². The molecule has 4 heteroatoms. The fourth-order valence-electron chi connectivity index (χ4n) is 2.53. The van der Waals surface area contributed by atoms with Gasteiger partial charge in [0.2, 0.25) is 0 Å². The van der Waals surface area contributed by atoms with Gasteiger partial charge in [0, 0.05) is 33.2 Å². The average molecular weight is 294 g/mol. The topological polar surface area (TPSA) is 41.6 Å². The molecule has 4 aromatic rings. The van der Waals surface area contributed by atoms with E-state index in [0.717, 1.165) is 33.2 Å². The Kier molecular flexibility index (Phi) is 2.69. The summed E-state index contributed by atoms with van der Waals surface area (Å²) in [6.07, 6.45) is 0. The minimum atomic E-state index is 0.465. The van der Waals surface area contributed by atoms with Gasteiger partial charge in [0.15, 0.2) is 5.65 Å². The van der Waals surface area contributed by atoms with Crippen LogP contribution in [0.5, 0.6) is 0 Å². The lowest BCUT2D eigenvalue weighted by Crippen LogP contribution is -1.90. The molecule has 0 radical (unpaired) electrons. The SMILES string of the molecule is Cc1ccc2cc(-c3cc4ccccc4[nH]3)c(Cl)nc2n1. The number of hydrogen-bond acceptors (Lipinski definition) is 2. The molecule has 0 saturated carbocycles. The second kappa shape index (κ2) is 4.57. The van der Waals surface area contributed by atoms with Gasteiger partial charge in [-0.2, -0.15) is 0 Å². The number of para-hydroxylation sites is 1. The van der Waals surface area contributed by atoms with Crippen LogP contribution in [0.25, 0.3) is 33.2 Å². The molecule has 1 N–H and O–H groups in total. The number of aromatic nitrogens is 3. The highest BCUT2D eigenvalue weighted by Gasteiger charge is 2.10. The monoisotopic (exact) mass is 293 g/mol. The molecule has 0 saturated heterocycles.